The van der Waals surface area contributed by atoms with Gasteiger partial charge in [0.1, 0.15) is 5.92 Å². The summed E-state index contributed by atoms with van der Waals surface area (Å²) in [5.41, 5.74) is -1.37. The molecule has 0 spiro atoms. The fraction of sp³-hybridized carbons (Fsp3) is 0.0417. The normalized spacial score (nSPS) is 16.0. The van der Waals surface area contributed by atoms with E-state index in [0.29, 0.717) is 0 Å². The molecule has 0 saturated carbocycles. The zero-order chi connectivity index (χ0) is 31.0. The van der Waals surface area contributed by atoms with E-state index >= 15 is 0 Å². The monoisotopic (exact) mass is 618 g/mol. The molecule has 0 saturated heterocycles. The van der Waals surface area contributed by atoms with E-state index in [1.54, 1.807) is 0 Å². The Morgan fingerprint density at radius 1 is 0.810 bits per heavy atom. The number of allylic oxidation sites excluding steroid dienone is 2. The Morgan fingerprint density at radius 3 is 1.81 bits per heavy atom. The molecule has 1 unspecified atom stereocenters. The number of hydrogen-bond donors (Lipinski definition) is 5. The van der Waals surface area contributed by atoms with E-state index in [9.17, 15) is 46.5 Å². The molecule has 0 bridgehead atoms. The first-order valence-corrected chi connectivity index (χ1v) is 14.2. The van der Waals surface area contributed by atoms with Crippen LogP contribution in [0.25, 0.3) is 11.8 Å². The SMILES string of the molecule is O=C(O)C1=NN(c2ccc(S(=O)(=O)O)cc2)C(=O)C1C=CC=Cc1c(C(=O)O)nn(-c2ccc(S(=O)(=O)O)cc2)c1O. The lowest BCUT2D eigenvalue weighted by atomic mass is 10.0. The molecule has 1 aliphatic heterocycles. The first-order chi connectivity index (χ1) is 19.6. The van der Waals surface area contributed by atoms with Gasteiger partial charge in [0, 0.05) is 0 Å². The molecule has 0 aliphatic carbocycles. The van der Waals surface area contributed by atoms with E-state index in [-0.39, 0.29) is 16.9 Å². The fourth-order valence-corrected chi connectivity index (χ4v) is 4.72. The quantitative estimate of drug-likeness (QED) is 0.168. The van der Waals surface area contributed by atoms with Gasteiger partial charge in [0.15, 0.2) is 11.4 Å². The van der Waals surface area contributed by atoms with E-state index in [2.05, 4.69) is 10.2 Å². The summed E-state index contributed by atoms with van der Waals surface area (Å²) in [6.07, 6.45) is 4.67. The molecule has 18 heteroatoms. The molecule has 1 atom stereocenters. The number of aromatic hydroxyl groups is 1. The van der Waals surface area contributed by atoms with Crippen molar-refractivity contribution in [2.24, 2.45) is 11.0 Å². The fourth-order valence-electron chi connectivity index (χ4n) is 3.76. The highest BCUT2D eigenvalue weighted by Gasteiger charge is 2.38. The van der Waals surface area contributed by atoms with Crippen LogP contribution in [0.3, 0.4) is 0 Å². The van der Waals surface area contributed by atoms with Gasteiger partial charge in [-0.1, -0.05) is 18.2 Å². The number of carboxylic acid groups (broad SMARTS) is 2. The van der Waals surface area contributed by atoms with Gasteiger partial charge in [0.25, 0.3) is 26.1 Å². The van der Waals surface area contributed by atoms with Crippen molar-refractivity contribution in [1.29, 1.82) is 0 Å². The first-order valence-electron chi connectivity index (χ1n) is 11.3. The average molecular weight is 619 g/mol. The lowest BCUT2D eigenvalue weighted by Crippen LogP contribution is -2.28. The highest BCUT2D eigenvalue weighted by Crippen LogP contribution is 2.28. The third-order valence-electron chi connectivity index (χ3n) is 5.73. The lowest BCUT2D eigenvalue weighted by Gasteiger charge is -2.13. The second-order valence-electron chi connectivity index (χ2n) is 8.40. The number of anilines is 1. The zero-order valence-electron chi connectivity index (χ0n) is 20.7. The average Bonchev–Trinajstić information content (AvgIpc) is 3.42. The molecule has 0 fully saturated rings. The summed E-state index contributed by atoms with van der Waals surface area (Å²) < 4.78 is 64.0. The van der Waals surface area contributed by atoms with Crippen molar-refractivity contribution in [2.75, 3.05) is 5.01 Å². The Hall–Kier alpha value is -5.17. The topological polar surface area (TPSA) is 254 Å². The Labute approximate surface area is 236 Å². The maximum absolute atomic E-state index is 12.9. The Bertz CT molecular complexity index is 1910. The molecule has 4 rings (SSSR count). The van der Waals surface area contributed by atoms with Crippen molar-refractivity contribution >= 4 is 55.6 Å². The van der Waals surface area contributed by atoms with E-state index in [1.807, 2.05) is 0 Å². The van der Waals surface area contributed by atoms with Crippen LogP contribution in [0, 0.1) is 5.92 Å². The third kappa shape index (κ3) is 5.95. The molecule has 42 heavy (non-hydrogen) atoms. The van der Waals surface area contributed by atoms with E-state index in [1.165, 1.54) is 12.2 Å². The molecule has 2 heterocycles. The predicted molar refractivity (Wildman–Crippen MR) is 142 cm³/mol. The number of nitrogens with zero attached hydrogens (tertiary/aromatic N) is 4. The predicted octanol–water partition coefficient (Wildman–Crippen LogP) is 1.44. The van der Waals surface area contributed by atoms with Crippen LogP contribution in [0.15, 0.2) is 81.7 Å². The highest BCUT2D eigenvalue weighted by atomic mass is 32.2. The zero-order valence-corrected chi connectivity index (χ0v) is 22.3. The molecule has 1 aliphatic rings. The van der Waals surface area contributed by atoms with Crippen LogP contribution in [-0.4, -0.2) is 74.6 Å². The number of amides is 1. The molecule has 1 amide bonds. The van der Waals surface area contributed by atoms with Crippen molar-refractivity contribution in [2.45, 2.75) is 9.79 Å². The van der Waals surface area contributed by atoms with Gasteiger partial charge in [-0.25, -0.2) is 9.59 Å². The van der Waals surface area contributed by atoms with Gasteiger partial charge in [-0.3, -0.25) is 13.9 Å². The second kappa shape index (κ2) is 11.0. The molecular formula is C24H18N4O12S2. The maximum Gasteiger partial charge on any atom is 0.357 e. The molecular weight excluding hydrogens is 600 g/mol. The van der Waals surface area contributed by atoms with Gasteiger partial charge in [-0.15, -0.1) is 0 Å². The van der Waals surface area contributed by atoms with Gasteiger partial charge in [-0.05, 0) is 54.6 Å². The lowest BCUT2D eigenvalue weighted by molar-refractivity contribution is -0.130. The smallest absolute Gasteiger partial charge is 0.357 e. The van der Waals surface area contributed by atoms with Crippen LogP contribution < -0.4 is 5.01 Å². The van der Waals surface area contributed by atoms with Crippen LogP contribution in [-0.2, 0) is 29.8 Å². The largest absolute Gasteiger partial charge is 0.493 e. The summed E-state index contributed by atoms with van der Waals surface area (Å²) in [5, 5.41) is 38.0. The maximum atomic E-state index is 12.9. The van der Waals surface area contributed by atoms with Crippen LogP contribution in [0.2, 0.25) is 0 Å². The van der Waals surface area contributed by atoms with E-state index < -0.39 is 71.1 Å². The van der Waals surface area contributed by atoms with Crippen molar-refractivity contribution < 1.29 is 55.6 Å². The van der Waals surface area contributed by atoms with Crippen LogP contribution in [0.5, 0.6) is 5.88 Å². The van der Waals surface area contributed by atoms with Crippen molar-refractivity contribution in [3.05, 3.63) is 78.0 Å². The van der Waals surface area contributed by atoms with Gasteiger partial charge >= 0.3 is 11.9 Å². The summed E-state index contributed by atoms with van der Waals surface area (Å²) in [6.45, 7) is 0. The number of aromatic carboxylic acids is 1. The van der Waals surface area contributed by atoms with E-state index in [4.69, 9.17) is 9.11 Å². The number of hydrazone groups is 1. The number of carboxylic acids is 2. The van der Waals surface area contributed by atoms with E-state index in [0.717, 1.165) is 70.4 Å². The van der Waals surface area contributed by atoms with Crippen LogP contribution in [0.1, 0.15) is 16.1 Å². The number of carbonyl (C=O) groups excluding carboxylic acids is 1. The van der Waals surface area contributed by atoms with Crippen LogP contribution in [0.4, 0.5) is 5.69 Å². The molecule has 218 valence electrons. The van der Waals surface area contributed by atoms with Crippen molar-refractivity contribution in [3.8, 4) is 11.6 Å². The number of aliphatic carboxylic acids is 1. The third-order valence-corrected chi connectivity index (χ3v) is 7.47. The standard InChI is InChI=1S/C24H18N4O12S2/c29-21-17(19(23(31)32)25-27(21)13-5-9-15(10-6-13)41(35,36)37)3-1-2-4-18-20(24(33)34)26-28(22(18)30)14-7-11-16(12-8-14)42(38,39)40/h1-12,17,30H,(H,31,32)(H,33,34)(H,35,36,37)(H,38,39,40). The van der Waals surface area contributed by atoms with Gasteiger partial charge in [0.05, 0.1) is 26.7 Å². The molecule has 2 aromatic carbocycles. The highest BCUT2D eigenvalue weighted by molar-refractivity contribution is 7.86. The molecule has 3 aromatic rings. The van der Waals surface area contributed by atoms with Crippen molar-refractivity contribution in [1.82, 2.24) is 9.78 Å². The Kier molecular flexibility index (Phi) is 7.81. The molecule has 0 radical (unpaired) electrons. The summed E-state index contributed by atoms with van der Waals surface area (Å²) in [7, 11) is -9.00. The minimum absolute atomic E-state index is 0.0191. The Balaban J connectivity index is 1.60. The number of hydrogen-bond acceptors (Lipinski definition) is 10. The number of aromatic nitrogens is 2. The minimum Gasteiger partial charge on any atom is -0.493 e. The van der Waals surface area contributed by atoms with Gasteiger partial charge in [-0.2, -0.15) is 36.7 Å². The first kappa shape index (κ1) is 29.8. The Morgan fingerprint density at radius 2 is 1.33 bits per heavy atom. The summed E-state index contributed by atoms with van der Waals surface area (Å²) in [4.78, 5) is 35.5. The minimum atomic E-state index is -4.51. The summed E-state index contributed by atoms with van der Waals surface area (Å²) in [6, 6.07) is 8.61. The molecule has 1 aromatic heterocycles. The molecule has 16 nitrogen and oxygen atoms in total. The van der Waals surface area contributed by atoms with Crippen LogP contribution >= 0.6 is 0 Å². The van der Waals surface area contributed by atoms with Gasteiger partial charge < -0.3 is 15.3 Å². The second-order valence-corrected chi connectivity index (χ2v) is 11.2. The number of rotatable bonds is 9. The summed E-state index contributed by atoms with van der Waals surface area (Å²) in [5.74, 6) is -5.91. The number of carbonyl (C=O) groups is 3. The van der Waals surface area contributed by atoms with Gasteiger partial charge in [0.2, 0.25) is 5.88 Å². The van der Waals surface area contributed by atoms with Crippen molar-refractivity contribution in [3.63, 3.8) is 0 Å². The number of benzene rings is 2. The molecule has 5 N–H and O–H groups in total. The summed E-state index contributed by atoms with van der Waals surface area (Å²) >= 11 is 0.